The fourth-order valence-electron chi connectivity index (χ4n) is 3.02. The molecule has 7 heteroatoms. The third-order valence-electron chi connectivity index (χ3n) is 4.53. The van der Waals surface area contributed by atoms with Crippen molar-refractivity contribution in [3.8, 4) is 0 Å². The van der Waals surface area contributed by atoms with Crippen molar-refractivity contribution in [1.29, 1.82) is 0 Å². The van der Waals surface area contributed by atoms with E-state index in [0.717, 1.165) is 57.7 Å². The van der Waals surface area contributed by atoms with Gasteiger partial charge in [0.05, 0.1) is 16.8 Å². The minimum atomic E-state index is 0.718. The van der Waals surface area contributed by atoms with Gasteiger partial charge in [-0.25, -0.2) is 9.97 Å². The molecule has 0 saturated carbocycles. The van der Waals surface area contributed by atoms with E-state index < -0.39 is 0 Å². The molecule has 1 aromatic heterocycles. The second kappa shape index (κ2) is 9.11. The van der Waals surface area contributed by atoms with Crippen LogP contribution in [0.2, 0.25) is 0 Å². The van der Waals surface area contributed by atoms with Crippen LogP contribution < -0.4 is 10.6 Å². The number of nitrogen functional groups attached to an aromatic ring is 1. The van der Waals surface area contributed by atoms with Crippen molar-refractivity contribution < 1.29 is 4.74 Å². The van der Waals surface area contributed by atoms with Crippen molar-refractivity contribution in [3.05, 3.63) is 69.7 Å². The summed E-state index contributed by atoms with van der Waals surface area (Å²) in [5, 5.41) is 0.973. The topological polar surface area (TPSA) is 64.3 Å². The number of benzene rings is 2. The number of ether oxygens (including phenoxy) is 1. The molecule has 0 amide bonds. The van der Waals surface area contributed by atoms with E-state index >= 15 is 0 Å². The summed E-state index contributed by atoms with van der Waals surface area (Å²) in [7, 11) is 0. The Balaban J connectivity index is 1.46. The Labute approximate surface area is 182 Å². The number of aromatic nitrogens is 2. The number of nitrogens with two attached hydrogens (primary N) is 1. The second-order valence-electron chi connectivity index (χ2n) is 6.55. The number of hydrogen-bond acceptors (Lipinski definition) is 6. The molecule has 2 aromatic carbocycles. The molecule has 1 saturated heterocycles. The van der Waals surface area contributed by atoms with Crippen molar-refractivity contribution in [2.24, 2.45) is 0 Å². The maximum Gasteiger partial charge on any atom is 0.134 e. The molecule has 0 bridgehead atoms. The van der Waals surface area contributed by atoms with Crippen LogP contribution in [0.25, 0.3) is 0 Å². The molecule has 4 rings (SSSR count). The zero-order chi connectivity index (χ0) is 19.3. The Morgan fingerprint density at radius 3 is 2.46 bits per heavy atom. The minimum Gasteiger partial charge on any atom is -0.399 e. The van der Waals surface area contributed by atoms with Gasteiger partial charge in [-0.3, -0.25) is 0 Å². The SMILES string of the molecule is Nc1ccc(Sc2nc(Cc3ccc(N4CCOCC4)cc3)ncc2I)cc1. The number of hydrogen-bond donors (Lipinski definition) is 1. The Hall–Kier alpha value is -1.84. The number of rotatable bonds is 5. The summed E-state index contributed by atoms with van der Waals surface area (Å²) < 4.78 is 6.47. The van der Waals surface area contributed by atoms with E-state index in [1.807, 2.05) is 30.5 Å². The average Bonchev–Trinajstić information content (AvgIpc) is 2.73. The van der Waals surface area contributed by atoms with E-state index in [1.165, 1.54) is 11.3 Å². The van der Waals surface area contributed by atoms with Crippen LogP contribution in [0, 0.1) is 3.57 Å². The van der Waals surface area contributed by atoms with Crippen LogP contribution in [0.5, 0.6) is 0 Å². The molecule has 1 fully saturated rings. The molecule has 3 aromatic rings. The van der Waals surface area contributed by atoms with Gasteiger partial charge in [-0.2, -0.15) is 0 Å². The third kappa shape index (κ3) is 4.95. The summed E-state index contributed by atoms with van der Waals surface area (Å²) in [5.41, 5.74) is 8.99. The lowest BCUT2D eigenvalue weighted by molar-refractivity contribution is 0.122. The monoisotopic (exact) mass is 504 g/mol. The van der Waals surface area contributed by atoms with Crippen molar-refractivity contribution in [2.45, 2.75) is 16.3 Å². The highest BCUT2D eigenvalue weighted by atomic mass is 127. The van der Waals surface area contributed by atoms with E-state index in [4.69, 9.17) is 15.5 Å². The van der Waals surface area contributed by atoms with Crippen LogP contribution in [0.4, 0.5) is 11.4 Å². The summed E-state index contributed by atoms with van der Waals surface area (Å²) in [6, 6.07) is 16.5. The zero-order valence-electron chi connectivity index (χ0n) is 15.3. The Bertz CT molecular complexity index is 928. The first kappa shape index (κ1) is 19.5. The summed E-state index contributed by atoms with van der Waals surface area (Å²) in [6.07, 6.45) is 2.61. The van der Waals surface area contributed by atoms with Gasteiger partial charge < -0.3 is 15.4 Å². The molecular weight excluding hydrogens is 483 g/mol. The van der Waals surface area contributed by atoms with E-state index in [2.05, 4.69) is 56.7 Å². The molecule has 0 aliphatic carbocycles. The number of anilines is 2. The molecule has 5 nitrogen and oxygen atoms in total. The van der Waals surface area contributed by atoms with Crippen molar-refractivity contribution in [2.75, 3.05) is 36.9 Å². The normalized spacial score (nSPS) is 14.2. The lowest BCUT2D eigenvalue weighted by atomic mass is 10.1. The Morgan fingerprint density at radius 2 is 1.75 bits per heavy atom. The second-order valence-corrected chi connectivity index (χ2v) is 8.78. The van der Waals surface area contributed by atoms with E-state index in [-0.39, 0.29) is 0 Å². The molecule has 0 atom stereocenters. The summed E-state index contributed by atoms with van der Waals surface area (Å²) in [5.74, 6) is 0.831. The third-order valence-corrected chi connectivity index (χ3v) is 6.70. The lowest BCUT2D eigenvalue weighted by Crippen LogP contribution is -2.36. The molecule has 0 radical (unpaired) electrons. The van der Waals surface area contributed by atoms with Crippen LogP contribution >= 0.6 is 34.4 Å². The zero-order valence-corrected chi connectivity index (χ0v) is 18.3. The van der Waals surface area contributed by atoms with Gasteiger partial charge in [-0.1, -0.05) is 23.9 Å². The summed E-state index contributed by atoms with van der Waals surface area (Å²) in [6.45, 7) is 3.50. The van der Waals surface area contributed by atoms with Crippen molar-refractivity contribution in [3.63, 3.8) is 0 Å². The first-order valence-electron chi connectivity index (χ1n) is 9.14. The molecule has 1 aliphatic rings. The van der Waals surface area contributed by atoms with E-state index in [1.54, 1.807) is 11.8 Å². The van der Waals surface area contributed by atoms with E-state index in [0.29, 0.717) is 0 Å². The largest absolute Gasteiger partial charge is 0.399 e. The summed E-state index contributed by atoms with van der Waals surface area (Å²) >= 11 is 3.92. The Kier molecular flexibility index (Phi) is 6.33. The molecule has 2 heterocycles. The average molecular weight is 504 g/mol. The molecular formula is C21H21IN4OS. The molecule has 0 unspecified atom stereocenters. The number of morpholine rings is 1. The van der Waals surface area contributed by atoms with Gasteiger partial charge in [0.15, 0.2) is 0 Å². The predicted molar refractivity (Wildman–Crippen MR) is 122 cm³/mol. The van der Waals surface area contributed by atoms with Gasteiger partial charge in [0.2, 0.25) is 0 Å². The molecule has 2 N–H and O–H groups in total. The standard InChI is InChI=1S/C21H21IN4OS/c22-19-14-24-20(25-21(19)28-18-7-3-16(23)4-8-18)13-15-1-5-17(6-2-15)26-9-11-27-12-10-26/h1-8,14H,9-13,23H2. The fourth-order valence-corrected chi connectivity index (χ4v) is 4.41. The molecule has 1 aliphatic heterocycles. The van der Waals surface area contributed by atoms with Crippen LogP contribution in [-0.4, -0.2) is 36.3 Å². The van der Waals surface area contributed by atoms with Gasteiger partial charge >= 0.3 is 0 Å². The first-order valence-corrected chi connectivity index (χ1v) is 11.0. The van der Waals surface area contributed by atoms with E-state index in [9.17, 15) is 0 Å². The Morgan fingerprint density at radius 1 is 1.04 bits per heavy atom. The minimum absolute atomic E-state index is 0.718. The molecule has 28 heavy (non-hydrogen) atoms. The number of halogens is 1. The maximum absolute atomic E-state index is 5.77. The predicted octanol–water partition coefficient (Wildman–Crippen LogP) is 4.24. The smallest absolute Gasteiger partial charge is 0.134 e. The lowest BCUT2D eigenvalue weighted by Gasteiger charge is -2.28. The fraction of sp³-hybridized carbons (Fsp3) is 0.238. The first-order chi connectivity index (χ1) is 13.7. The van der Waals surface area contributed by atoms with Gasteiger partial charge in [-0.05, 0) is 64.6 Å². The quantitative estimate of drug-likeness (QED) is 0.319. The van der Waals surface area contributed by atoms with Crippen molar-refractivity contribution >= 4 is 45.7 Å². The van der Waals surface area contributed by atoms with Crippen LogP contribution in [0.15, 0.2) is 64.6 Å². The van der Waals surface area contributed by atoms with Gasteiger partial charge in [0, 0.05) is 42.0 Å². The van der Waals surface area contributed by atoms with Crippen molar-refractivity contribution in [1.82, 2.24) is 9.97 Å². The number of nitrogens with zero attached hydrogens (tertiary/aromatic N) is 3. The highest BCUT2D eigenvalue weighted by Crippen LogP contribution is 2.30. The molecule has 0 spiro atoms. The summed E-state index contributed by atoms with van der Waals surface area (Å²) in [4.78, 5) is 12.8. The van der Waals surface area contributed by atoms with Crippen LogP contribution in [0.1, 0.15) is 11.4 Å². The van der Waals surface area contributed by atoms with Gasteiger partial charge in [-0.15, -0.1) is 0 Å². The highest BCUT2D eigenvalue weighted by Gasteiger charge is 2.12. The van der Waals surface area contributed by atoms with Crippen LogP contribution in [0.3, 0.4) is 0 Å². The van der Waals surface area contributed by atoms with Gasteiger partial charge in [0.1, 0.15) is 10.9 Å². The van der Waals surface area contributed by atoms with Gasteiger partial charge in [0.25, 0.3) is 0 Å². The van der Waals surface area contributed by atoms with Crippen LogP contribution in [-0.2, 0) is 11.2 Å². The highest BCUT2D eigenvalue weighted by molar-refractivity contribution is 14.1. The maximum atomic E-state index is 5.77. The molecule has 144 valence electrons.